The minimum Gasteiger partial charge on any atom is -0.339 e. The van der Waals surface area contributed by atoms with Crippen molar-refractivity contribution in [2.45, 2.75) is 32.6 Å². The van der Waals surface area contributed by atoms with Gasteiger partial charge in [-0.1, -0.05) is 12.8 Å². The lowest BCUT2D eigenvalue weighted by Gasteiger charge is -2.19. The molecule has 1 aromatic carbocycles. The molecule has 1 aliphatic rings. The lowest BCUT2D eigenvalue weighted by Crippen LogP contribution is -2.32. The number of ketones is 1. The number of nitrogens with one attached hydrogen (secondary N) is 1. The number of aromatic nitrogens is 2. The van der Waals surface area contributed by atoms with Gasteiger partial charge in [-0.05, 0) is 44.0 Å². The highest BCUT2D eigenvalue weighted by Crippen LogP contribution is 2.16. The summed E-state index contributed by atoms with van der Waals surface area (Å²) in [5.41, 5.74) is 1.96. The standard InChI is InChI=1S/C19H22N4O2/c1-14(24)15-6-8-17(9-7-15)22-19-20-12-16(13-21-19)18(25)23-10-4-2-3-5-11-23/h6-9,12-13H,2-5,10-11H2,1H3,(H,20,21,22). The van der Waals surface area contributed by atoms with Crippen molar-refractivity contribution < 1.29 is 9.59 Å². The van der Waals surface area contributed by atoms with Crippen LogP contribution >= 0.6 is 0 Å². The largest absolute Gasteiger partial charge is 0.339 e. The molecule has 2 heterocycles. The van der Waals surface area contributed by atoms with Crippen LogP contribution in [0.15, 0.2) is 36.7 Å². The molecular formula is C19H22N4O2. The minimum absolute atomic E-state index is 0.000684. The van der Waals surface area contributed by atoms with E-state index in [1.54, 1.807) is 36.7 Å². The Morgan fingerprint density at radius 3 is 2.08 bits per heavy atom. The number of benzene rings is 1. The molecule has 2 aromatic rings. The average molecular weight is 338 g/mol. The predicted octanol–water partition coefficient (Wildman–Crippen LogP) is 3.44. The molecule has 1 amide bonds. The summed E-state index contributed by atoms with van der Waals surface area (Å²) in [6.45, 7) is 3.15. The number of nitrogens with zero attached hydrogens (tertiary/aromatic N) is 3. The van der Waals surface area contributed by atoms with Crippen LogP contribution in [0.4, 0.5) is 11.6 Å². The van der Waals surface area contributed by atoms with E-state index >= 15 is 0 Å². The number of hydrogen-bond acceptors (Lipinski definition) is 5. The van der Waals surface area contributed by atoms with Crippen molar-refractivity contribution in [2.24, 2.45) is 0 Å². The molecular weight excluding hydrogens is 316 g/mol. The van der Waals surface area contributed by atoms with Crippen LogP contribution in [0.25, 0.3) is 0 Å². The topological polar surface area (TPSA) is 75.2 Å². The van der Waals surface area contributed by atoms with E-state index in [1.807, 2.05) is 4.90 Å². The second-order valence-electron chi connectivity index (χ2n) is 6.26. The molecule has 25 heavy (non-hydrogen) atoms. The third kappa shape index (κ3) is 4.41. The van der Waals surface area contributed by atoms with Crippen molar-refractivity contribution in [3.63, 3.8) is 0 Å². The highest BCUT2D eigenvalue weighted by atomic mass is 16.2. The van der Waals surface area contributed by atoms with E-state index in [4.69, 9.17) is 0 Å². The zero-order chi connectivity index (χ0) is 17.6. The maximum absolute atomic E-state index is 12.5. The van der Waals surface area contributed by atoms with Gasteiger partial charge < -0.3 is 10.2 Å². The fourth-order valence-corrected chi connectivity index (χ4v) is 2.88. The van der Waals surface area contributed by atoms with E-state index in [0.717, 1.165) is 31.6 Å². The van der Waals surface area contributed by atoms with Gasteiger partial charge >= 0.3 is 0 Å². The summed E-state index contributed by atoms with van der Waals surface area (Å²) < 4.78 is 0. The lowest BCUT2D eigenvalue weighted by molar-refractivity contribution is 0.0760. The molecule has 1 aromatic heterocycles. The molecule has 1 N–H and O–H groups in total. The molecule has 1 aliphatic heterocycles. The van der Waals surface area contributed by atoms with Gasteiger partial charge in [0.25, 0.3) is 5.91 Å². The zero-order valence-electron chi connectivity index (χ0n) is 14.4. The molecule has 6 nitrogen and oxygen atoms in total. The number of carbonyl (C=O) groups is 2. The summed E-state index contributed by atoms with van der Waals surface area (Å²) >= 11 is 0. The molecule has 3 rings (SSSR count). The first-order chi connectivity index (χ1) is 12.1. The quantitative estimate of drug-likeness (QED) is 0.864. The van der Waals surface area contributed by atoms with Crippen molar-refractivity contribution in [2.75, 3.05) is 18.4 Å². The third-order valence-corrected chi connectivity index (χ3v) is 4.34. The van der Waals surface area contributed by atoms with Crippen LogP contribution in [-0.2, 0) is 0 Å². The summed E-state index contributed by atoms with van der Waals surface area (Å²) in [7, 11) is 0. The molecule has 0 atom stereocenters. The van der Waals surface area contributed by atoms with Gasteiger partial charge in [0.1, 0.15) is 0 Å². The van der Waals surface area contributed by atoms with Crippen molar-refractivity contribution in [1.29, 1.82) is 0 Å². The molecule has 0 unspecified atom stereocenters. The SMILES string of the molecule is CC(=O)c1ccc(Nc2ncc(C(=O)N3CCCCCC3)cn2)cc1. The molecule has 6 heteroatoms. The van der Waals surface area contributed by atoms with Crippen LogP contribution in [0, 0.1) is 0 Å². The lowest BCUT2D eigenvalue weighted by atomic mass is 10.1. The van der Waals surface area contributed by atoms with Gasteiger partial charge in [0.2, 0.25) is 5.95 Å². The van der Waals surface area contributed by atoms with Crippen LogP contribution < -0.4 is 5.32 Å². The van der Waals surface area contributed by atoms with E-state index in [9.17, 15) is 9.59 Å². The normalized spacial score (nSPS) is 14.7. The molecule has 130 valence electrons. The fraction of sp³-hybridized carbons (Fsp3) is 0.368. The molecule has 1 saturated heterocycles. The Balaban J connectivity index is 1.65. The highest BCUT2D eigenvalue weighted by molar-refractivity contribution is 5.94. The Kier molecular flexibility index (Phi) is 5.38. The number of hydrogen-bond donors (Lipinski definition) is 1. The van der Waals surface area contributed by atoms with E-state index in [-0.39, 0.29) is 11.7 Å². The van der Waals surface area contributed by atoms with Crippen molar-refractivity contribution >= 4 is 23.3 Å². The van der Waals surface area contributed by atoms with Crippen molar-refractivity contribution in [3.05, 3.63) is 47.8 Å². The number of amides is 1. The van der Waals surface area contributed by atoms with Gasteiger partial charge in [-0.15, -0.1) is 0 Å². The fourth-order valence-electron chi connectivity index (χ4n) is 2.88. The van der Waals surface area contributed by atoms with Crippen LogP contribution in [0.5, 0.6) is 0 Å². The number of anilines is 2. The molecule has 0 bridgehead atoms. The molecule has 0 spiro atoms. The Hall–Kier alpha value is -2.76. The Bertz CT molecular complexity index is 733. The summed E-state index contributed by atoms with van der Waals surface area (Å²) in [4.78, 5) is 34.2. The summed E-state index contributed by atoms with van der Waals surface area (Å²) in [5.74, 6) is 0.446. The van der Waals surface area contributed by atoms with Gasteiger partial charge in [-0.3, -0.25) is 9.59 Å². The zero-order valence-corrected chi connectivity index (χ0v) is 14.4. The summed E-state index contributed by atoms with van der Waals surface area (Å²) in [6, 6.07) is 7.11. The first-order valence-corrected chi connectivity index (χ1v) is 8.63. The van der Waals surface area contributed by atoms with E-state index in [0.29, 0.717) is 17.1 Å². The van der Waals surface area contributed by atoms with E-state index in [1.165, 1.54) is 19.8 Å². The monoisotopic (exact) mass is 338 g/mol. The first-order valence-electron chi connectivity index (χ1n) is 8.63. The summed E-state index contributed by atoms with van der Waals surface area (Å²) in [6.07, 6.45) is 7.61. The first kappa shape index (κ1) is 17.1. The second kappa shape index (κ2) is 7.88. The van der Waals surface area contributed by atoms with Gasteiger partial charge in [-0.2, -0.15) is 0 Å². The van der Waals surface area contributed by atoms with Crippen molar-refractivity contribution in [1.82, 2.24) is 14.9 Å². The molecule has 0 saturated carbocycles. The van der Waals surface area contributed by atoms with E-state index < -0.39 is 0 Å². The predicted molar refractivity (Wildman–Crippen MR) is 96.1 cm³/mol. The maximum Gasteiger partial charge on any atom is 0.256 e. The van der Waals surface area contributed by atoms with Crippen LogP contribution in [-0.4, -0.2) is 39.6 Å². The molecule has 0 aliphatic carbocycles. The smallest absolute Gasteiger partial charge is 0.256 e. The van der Waals surface area contributed by atoms with Crippen LogP contribution in [0.2, 0.25) is 0 Å². The Morgan fingerprint density at radius 1 is 0.920 bits per heavy atom. The molecule has 1 fully saturated rings. The molecule has 0 radical (unpaired) electrons. The summed E-state index contributed by atoms with van der Waals surface area (Å²) in [5, 5.41) is 3.07. The Labute approximate surface area is 147 Å². The second-order valence-corrected chi connectivity index (χ2v) is 6.26. The van der Waals surface area contributed by atoms with E-state index in [2.05, 4.69) is 15.3 Å². The van der Waals surface area contributed by atoms with Gasteiger partial charge in [0.15, 0.2) is 5.78 Å². The van der Waals surface area contributed by atoms with Crippen molar-refractivity contribution in [3.8, 4) is 0 Å². The van der Waals surface area contributed by atoms with Crippen LogP contribution in [0.1, 0.15) is 53.3 Å². The number of Topliss-reactive ketones (excluding diaryl/α,β-unsaturated/α-hetero) is 1. The van der Waals surface area contributed by atoms with Gasteiger partial charge in [0.05, 0.1) is 5.56 Å². The maximum atomic E-state index is 12.5. The van der Waals surface area contributed by atoms with Gasteiger partial charge in [-0.25, -0.2) is 9.97 Å². The third-order valence-electron chi connectivity index (χ3n) is 4.34. The van der Waals surface area contributed by atoms with Crippen LogP contribution in [0.3, 0.4) is 0 Å². The number of rotatable bonds is 4. The minimum atomic E-state index is -0.000684. The highest BCUT2D eigenvalue weighted by Gasteiger charge is 2.17. The average Bonchev–Trinajstić information content (AvgIpc) is 2.92. The Morgan fingerprint density at radius 2 is 1.52 bits per heavy atom. The number of likely N-dealkylation sites (tertiary alicyclic amines) is 1. The number of carbonyl (C=O) groups excluding carboxylic acids is 2. The van der Waals surface area contributed by atoms with Gasteiger partial charge in [0, 0.05) is 36.7 Å².